The molecule has 0 spiro atoms. The lowest BCUT2D eigenvalue weighted by Gasteiger charge is -2.13. The van der Waals surface area contributed by atoms with Gasteiger partial charge in [-0.2, -0.15) is 5.26 Å². The fourth-order valence-electron chi connectivity index (χ4n) is 2.55. The Morgan fingerprint density at radius 2 is 1.89 bits per heavy atom. The number of hydrogen-bond acceptors (Lipinski definition) is 5. The van der Waals surface area contributed by atoms with Crippen molar-refractivity contribution in [1.82, 2.24) is 4.98 Å². The summed E-state index contributed by atoms with van der Waals surface area (Å²) in [5.74, 6) is 0.281. The number of hydrogen-bond donors (Lipinski definition) is 2. The SMILES string of the molecule is COc1cc(Cl)c(C)cc1Nc1cncc(C(=O)Nc2ccc(C#N)cc2)c1. The number of aromatic nitrogens is 1. The van der Waals surface area contributed by atoms with Gasteiger partial charge in [-0.05, 0) is 48.9 Å². The molecule has 0 aliphatic rings. The molecule has 0 fully saturated rings. The molecule has 3 aromatic rings. The molecule has 140 valence electrons. The first-order valence-corrected chi connectivity index (χ1v) is 8.75. The van der Waals surface area contributed by atoms with E-state index < -0.39 is 0 Å². The van der Waals surface area contributed by atoms with Crippen LogP contribution in [0.25, 0.3) is 0 Å². The molecule has 1 amide bonds. The molecule has 0 saturated carbocycles. The van der Waals surface area contributed by atoms with Crippen molar-refractivity contribution in [3.8, 4) is 11.8 Å². The molecule has 7 heteroatoms. The highest BCUT2D eigenvalue weighted by Crippen LogP contribution is 2.33. The summed E-state index contributed by atoms with van der Waals surface area (Å²) in [5.41, 5.74) is 3.76. The third kappa shape index (κ3) is 4.40. The Bertz CT molecular complexity index is 1060. The van der Waals surface area contributed by atoms with Crippen LogP contribution in [-0.4, -0.2) is 18.0 Å². The molecule has 2 N–H and O–H groups in total. The van der Waals surface area contributed by atoms with Gasteiger partial charge in [0.1, 0.15) is 5.75 Å². The summed E-state index contributed by atoms with van der Waals surface area (Å²) < 4.78 is 5.36. The number of carbonyl (C=O) groups is 1. The van der Waals surface area contributed by atoms with E-state index in [1.165, 1.54) is 6.20 Å². The Labute approximate surface area is 167 Å². The number of nitrogens with zero attached hydrogens (tertiary/aromatic N) is 2. The molecule has 0 atom stereocenters. The lowest BCUT2D eigenvalue weighted by molar-refractivity contribution is 0.102. The Kier molecular flexibility index (Phi) is 5.78. The smallest absolute Gasteiger partial charge is 0.257 e. The number of amides is 1. The molecule has 0 aliphatic carbocycles. The van der Waals surface area contributed by atoms with Crippen LogP contribution in [0, 0.1) is 18.3 Å². The summed E-state index contributed by atoms with van der Waals surface area (Å²) in [5, 5.41) is 15.4. The highest BCUT2D eigenvalue weighted by atomic mass is 35.5. The fraction of sp³-hybridized carbons (Fsp3) is 0.0952. The van der Waals surface area contributed by atoms with Gasteiger partial charge in [-0.3, -0.25) is 9.78 Å². The number of pyridine rings is 1. The van der Waals surface area contributed by atoms with Crippen molar-refractivity contribution < 1.29 is 9.53 Å². The van der Waals surface area contributed by atoms with Crippen LogP contribution in [0.15, 0.2) is 54.9 Å². The lowest BCUT2D eigenvalue weighted by atomic mass is 10.2. The Hall–Kier alpha value is -3.56. The Morgan fingerprint density at radius 3 is 2.57 bits per heavy atom. The molecule has 28 heavy (non-hydrogen) atoms. The second kappa shape index (κ2) is 8.42. The lowest BCUT2D eigenvalue weighted by Crippen LogP contribution is -2.12. The van der Waals surface area contributed by atoms with Crippen molar-refractivity contribution in [2.45, 2.75) is 6.92 Å². The van der Waals surface area contributed by atoms with Crippen molar-refractivity contribution in [1.29, 1.82) is 5.26 Å². The van der Waals surface area contributed by atoms with Crippen LogP contribution >= 0.6 is 11.6 Å². The quantitative estimate of drug-likeness (QED) is 0.643. The fourth-order valence-corrected chi connectivity index (χ4v) is 2.70. The van der Waals surface area contributed by atoms with E-state index in [-0.39, 0.29) is 5.91 Å². The number of anilines is 3. The minimum Gasteiger partial charge on any atom is -0.495 e. The van der Waals surface area contributed by atoms with Gasteiger partial charge in [-0.15, -0.1) is 0 Å². The monoisotopic (exact) mass is 392 g/mol. The number of halogens is 1. The molecule has 1 heterocycles. The van der Waals surface area contributed by atoms with Gasteiger partial charge in [0.15, 0.2) is 0 Å². The third-order valence-corrected chi connectivity index (χ3v) is 4.44. The van der Waals surface area contributed by atoms with E-state index in [1.807, 2.05) is 19.1 Å². The molecule has 0 unspecified atom stereocenters. The van der Waals surface area contributed by atoms with Crippen molar-refractivity contribution in [2.75, 3.05) is 17.7 Å². The molecule has 6 nitrogen and oxygen atoms in total. The molecular formula is C21H17ClN4O2. The maximum Gasteiger partial charge on any atom is 0.257 e. The molecule has 3 rings (SSSR count). The maximum absolute atomic E-state index is 12.5. The predicted octanol–water partition coefficient (Wildman–Crippen LogP) is 4.92. The van der Waals surface area contributed by atoms with Gasteiger partial charge in [-0.1, -0.05) is 11.6 Å². The number of aryl methyl sites for hydroxylation is 1. The summed E-state index contributed by atoms with van der Waals surface area (Å²) >= 11 is 6.14. The summed E-state index contributed by atoms with van der Waals surface area (Å²) in [7, 11) is 1.56. The molecular weight excluding hydrogens is 376 g/mol. The summed E-state index contributed by atoms with van der Waals surface area (Å²) in [6, 6.07) is 14.0. The van der Waals surface area contributed by atoms with Crippen LogP contribution in [0.4, 0.5) is 17.1 Å². The number of ether oxygens (including phenoxy) is 1. The van der Waals surface area contributed by atoms with E-state index >= 15 is 0 Å². The predicted molar refractivity (Wildman–Crippen MR) is 109 cm³/mol. The highest BCUT2D eigenvalue weighted by molar-refractivity contribution is 6.31. The highest BCUT2D eigenvalue weighted by Gasteiger charge is 2.11. The normalized spacial score (nSPS) is 10.1. The average Bonchev–Trinajstić information content (AvgIpc) is 2.71. The van der Waals surface area contributed by atoms with Crippen molar-refractivity contribution in [3.05, 3.63) is 76.6 Å². The molecule has 2 aromatic carbocycles. The van der Waals surface area contributed by atoms with Gasteiger partial charge in [0.05, 0.1) is 41.9 Å². The largest absolute Gasteiger partial charge is 0.495 e. The van der Waals surface area contributed by atoms with Crippen molar-refractivity contribution in [3.63, 3.8) is 0 Å². The third-order valence-electron chi connectivity index (χ3n) is 4.03. The van der Waals surface area contributed by atoms with Crippen LogP contribution in [0.1, 0.15) is 21.5 Å². The van der Waals surface area contributed by atoms with Gasteiger partial charge in [-0.25, -0.2) is 0 Å². The van der Waals surface area contributed by atoms with Crippen molar-refractivity contribution >= 4 is 34.6 Å². The number of carbonyl (C=O) groups excluding carboxylic acids is 1. The first-order chi connectivity index (χ1) is 13.5. The minimum atomic E-state index is -0.305. The van der Waals surface area contributed by atoms with Crippen LogP contribution in [0.2, 0.25) is 5.02 Å². The van der Waals surface area contributed by atoms with Crippen LogP contribution in [0.3, 0.4) is 0 Å². The van der Waals surface area contributed by atoms with Gasteiger partial charge >= 0.3 is 0 Å². The van der Waals surface area contributed by atoms with E-state index in [2.05, 4.69) is 15.6 Å². The number of benzene rings is 2. The first kappa shape index (κ1) is 19.2. The summed E-state index contributed by atoms with van der Waals surface area (Å²) in [6.45, 7) is 1.90. The number of rotatable bonds is 5. The average molecular weight is 393 g/mol. The van der Waals surface area contributed by atoms with Gasteiger partial charge in [0, 0.05) is 23.0 Å². The molecule has 0 radical (unpaired) electrons. The van der Waals surface area contributed by atoms with E-state index in [0.29, 0.717) is 33.3 Å². The topological polar surface area (TPSA) is 87.0 Å². The van der Waals surface area contributed by atoms with E-state index in [0.717, 1.165) is 11.3 Å². The van der Waals surface area contributed by atoms with E-state index in [4.69, 9.17) is 21.6 Å². The molecule has 0 bridgehead atoms. The number of methoxy groups -OCH3 is 1. The zero-order valence-corrected chi connectivity index (χ0v) is 16.0. The van der Waals surface area contributed by atoms with Gasteiger partial charge < -0.3 is 15.4 Å². The zero-order valence-electron chi connectivity index (χ0n) is 15.3. The Morgan fingerprint density at radius 1 is 1.14 bits per heavy atom. The summed E-state index contributed by atoms with van der Waals surface area (Å²) in [4.78, 5) is 16.6. The van der Waals surface area contributed by atoms with Gasteiger partial charge in [0.2, 0.25) is 0 Å². The van der Waals surface area contributed by atoms with E-state index in [1.54, 1.807) is 49.7 Å². The van der Waals surface area contributed by atoms with Gasteiger partial charge in [0.25, 0.3) is 5.91 Å². The second-order valence-electron chi connectivity index (χ2n) is 6.03. The van der Waals surface area contributed by atoms with Crippen LogP contribution in [-0.2, 0) is 0 Å². The summed E-state index contributed by atoms with van der Waals surface area (Å²) in [6.07, 6.45) is 3.09. The molecule has 1 aromatic heterocycles. The molecule has 0 aliphatic heterocycles. The van der Waals surface area contributed by atoms with Crippen molar-refractivity contribution in [2.24, 2.45) is 0 Å². The second-order valence-corrected chi connectivity index (χ2v) is 6.44. The molecule has 0 saturated heterocycles. The van der Waals surface area contributed by atoms with Crippen LogP contribution < -0.4 is 15.4 Å². The van der Waals surface area contributed by atoms with Crippen LogP contribution in [0.5, 0.6) is 5.75 Å². The standard InChI is InChI=1S/C21H17ClN4O2/c1-13-7-19(20(28-2)9-18(13)22)25-17-8-15(11-24-12-17)21(27)26-16-5-3-14(10-23)4-6-16/h3-9,11-12,25H,1-2H3,(H,26,27). The number of nitrogens with one attached hydrogen (secondary N) is 2. The maximum atomic E-state index is 12.5. The minimum absolute atomic E-state index is 0.305. The Balaban J connectivity index is 1.79. The van der Waals surface area contributed by atoms with E-state index in [9.17, 15) is 4.79 Å². The number of nitriles is 1. The zero-order chi connectivity index (χ0) is 20.1. The first-order valence-electron chi connectivity index (χ1n) is 8.38.